The molecule has 0 radical (unpaired) electrons. The van der Waals surface area contributed by atoms with Gasteiger partial charge in [-0.1, -0.05) is 18.2 Å². The zero-order valence-corrected chi connectivity index (χ0v) is 24.6. The second-order valence-electron chi connectivity index (χ2n) is 9.77. The average molecular weight is 620 g/mol. The molecule has 2 aromatic rings. The highest BCUT2D eigenvalue weighted by Gasteiger charge is 2.30. The minimum absolute atomic E-state index is 0.00285. The third-order valence-corrected chi connectivity index (χ3v) is 6.78. The average Bonchev–Trinajstić information content (AvgIpc) is 3.37. The Hall–Kier alpha value is -4.51. The van der Waals surface area contributed by atoms with E-state index in [-0.39, 0.29) is 50.0 Å². The van der Waals surface area contributed by atoms with Crippen molar-refractivity contribution in [3.63, 3.8) is 0 Å². The van der Waals surface area contributed by atoms with Gasteiger partial charge >= 0.3 is 5.97 Å². The second kappa shape index (κ2) is 17.4. The summed E-state index contributed by atoms with van der Waals surface area (Å²) in [6, 6.07) is 2.84. The number of thiol groups is 1. The zero-order chi connectivity index (χ0) is 31.9. The molecule has 2 rings (SSSR count). The fraction of sp³-hybridized carbons (Fsp3) is 0.462. The molecule has 3 amide bonds. The summed E-state index contributed by atoms with van der Waals surface area (Å²) in [6.45, 7) is 0.472. The standard InChI is InChI=1S/C26H41N11O5S/c27-16(6-3-9-32-25(28)29)21(38)35-18(8-4-10-33-26(30)31)22(39)37-20(13-43)23(40)36-19(24(41)42)11-14-12-34-17-7-2-1-5-15(14)17/h1-2,5,7,12,16,18-20,34,43H,3-4,6,8-11,13,27H2,(H,35,38)(H,36,40)(H,37,39)(H,41,42)(H4,28,29,32)(H4,30,31,33). The minimum atomic E-state index is -1.28. The molecule has 43 heavy (non-hydrogen) atoms. The molecule has 4 atom stereocenters. The number of aliphatic imine (C=N–C) groups is 2. The Morgan fingerprint density at radius 1 is 0.837 bits per heavy atom. The molecule has 0 aliphatic rings. The largest absolute Gasteiger partial charge is 0.480 e. The summed E-state index contributed by atoms with van der Waals surface area (Å²) in [4.78, 5) is 61.8. The third kappa shape index (κ3) is 11.7. The second-order valence-corrected chi connectivity index (χ2v) is 10.1. The number of para-hydroxylation sites is 1. The smallest absolute Gasteiger partial charge is 0.326 e. The van der Waals surface area contributed by atoms with Gasteiger partial charge < -0.3 is 54.7 Å². The van der Waals surface area contributed by atoms with Crippen molar-refractivity contribution in [2.75, 3.05) is 18.8 Å². The maximum absolute atomic E-state index is 13.2. The van der Waals surface area contributed by atoms with Crippen LogP contribution in [0.1, 0.15) is 31.2 Å². The van der Waals surface area contributed by atoms with E-state index in [0.717, 1.165) is 10.9 Å². The summed E-state index contributed by atoms with van der Waals surface area (Å²) in [5, 5.41) is 18.2. The zero-order valence-electron chi connectivity index (χ0n) is 23.7. The van der Waals surface area contributed by atoms with Crippen LogP contribution in [0.4, 0.5) is 0 Å². The summed E-state index contributed by atoms with van der Waals surface area (Å²) in [7, 11) is 0. The molecule has 17 heteroatoms. The number of nitrogens with one attached hydrogen (secondary N) is 4. The molecule has 0 fully saturated rings. The number of nitrogens with two attached hydrogens (primary N) is 5. The van der Waals surface area contributed by atoms with Crippen LogP contribution in [0.3, 0.4) is 0 Å². The summed E-state index contributed by atoms with van der Waals surface area (Å²) < 4.78 is 0. The van der Waals surface area contributed by atoms with Crippen LogP contribution in [0, 0.1) is 0 Å². The predicted octanol–water partition coefficient (Wildman–Crippen LogP) is -2.39. The number of fused-ring (bicyclic) bond motifs is 1. The van der Waals surface area contributed by atoms with Gasteiger partial charge in [0.15, 0.2) is 11.9 Å². The molecule has 0 saturated heterocycles. The summed E-state index contributed by atoms with van der Waals surface area (Å²) >= 11 is 4.17. The van der Waals surface area contributed by atoms with Crippen molar-refractivity contribution in [3.05, 3.63) is 36.0 Å². The third-order valence-electron chi connectivity index (χ3n) is 6.41. The van der Waals surface area contributed by atoms with Crippen LogP contribution in [0.2, 0.25) is 0 Å². The Balaban J connectivity index is 2.08. The van der Waals surface area contributed by atoms with Crippen LogP contribution in [0.5, 0.6) is 0 Å². The van der Waals surface area contributed by atoms with Gasteiger partial charge in [0.1, 0.15) is 18.1 Å². The van der Waals surface area contributed by atoms with Gasteiger partial charge in [0, 0.05) is 42.4 Å². The molecule has 0 bridgehead atoms. The van der Waals surface area contributed by atoms with Gasteiger partial charge in [0.05, 0.1) is 6.04 Å². The molecular weight excluding hydrogens is 578 g/mol. The van der Waals surface area contributed by atoms with E-state index < -0.39 is 47.9 Å². The number of aliphatic carboxylic acids is 1. The lowest BCUT2D eigenvalue weighted by Crippen LogP contribution is -2.57. The van der Waals surface area contributed by atoms with E-state index in [4.69, 9.17) is 28.7 Å². The van der Waals surface area contributed by atoms with Gasteiger partial charge in [-0.25, -0.2) is 4.79 Å². The van der Waals surface area contributed by atoms with Gasteiger partial charge in [0.2, 0.25) is 17.7 Å². The quantitative estimate of drug-likeness (QED) is 0.0364. The maximum atomic E-state index is 13.2. The molecule has 0 aliphatic heterocycles. The van der Waals surface area contributed by atoms with Gasteiger partial charge in [-0.3, -0.25) is 24.4 Å². The van der Waals surface area contributed by atoms with Crippen molar-refractivity contribution in [3.8, 4) is 0 Å². The van der Waals surface area contributed by atoms with Crippen molar-refractivity contribution in [1.82, 2.24) is 20.9 Å². The Bertz CT molecular complexity index is 1310. The van der Waals surface area contributed by atoms with Crippen molar-refractivity contribution >= 4 is 59.1 Å². The van der Waals surface area contributed by atoms with Crippen molar-refractivity contribution in [1.29, 1.82) is 0 Å². The van der Waals surface area contributed by atoms with E-state index in [9.17, 15) is 24.3 Å². The first-order valence-electron chi connectivity index (χ1n) is 13.6. The van der Waals surface area contributed by atoms with Crippen LogP contribution < -0.4 is 44.6 Å². The number of hydrogen-bond donors (Lipinski definition) is 11. The number of hydrogen-bond acceptors (Lipinski definition) is 8. The Kier molecular flexibility index (Phi) is 14.1. The molecular formula is C26H41N11O5S. The topological polar surface area (TPSA) is 295 Å². The van der Waals surface area contributed by atoms with E-state index in [0.29, 0.717) is 18.4 Å². The van der Waals surface area contributed by atoms with Crippen molar-refractivity contribution in [2.45, 2.75) is 56.3 Å². The molecule has 1 heterocycles. The van der Waals surface area contributed by atoms with Crippen LogP contribution in [-0.2, 0) is 25.6 Å². The van der Waals surface area contributed by atoms with E-state index in [1.807, 2.05) is 24.3 Å². The molecule has 0 saturated carbocycles. The summed E-state index contributed by atoms with van der Waals surface area (Å²) in [5.41, 5.74) is 28.8. The number of rotatable bonds is 18. The normalized spacial score (nSPS) is 13.6. The number of guanidine groups is 2. The molecule has 0 aliphatic carbocycles. The van der Waals surface area contributed by atoms with Crippen molar-refractivity contribution in [2.24, 2.45) is 38.7 Å². The van der Waals surface area contributed by atoms with Gasteiger partial charge in [-0.05, 0) is 37.3 Å². The van der Waals surface area contributed by atoms with E-state index in [2.05, 4.69) is 43.5 Å². The summed E-state index contributed by atoms with van der Waals surface area (Å²) in [5.74, 6) is -3.63. The van der Waals surface area contributed by atoms with Crippen LogP contribution >= 0.6 is 12.6 Å². The molecule has 1 aromatic heterocycles. The number of benzene rings is 1. The van der Waals surface area contributed by atoms with Crippen molar-refractivity contribution < 1.29 is 24.3 Å². The van der Waals surface area contributed by atoms with E-state index in [1.165, 1.54) is 0 Å². The van der Waals surface area contributed by atoms with Crippen LogP contribution in [0.15, 0.2) is 40.4 Å². The number of carboxylic acid groups (broad SMARTS) is 1. The summed E-state index contributed by atoms with van der Waals surface area (Å²) in [6.07, 6.45) is 2.81. The fourth-order valence-electron chi connectivity index (χ4n) is 4.16. The maximum Gasteiger partial charge on any atom is 0.326 e. The molecule has 15 N–H and O–H groups in total. The van der Waals surface area contributed by atoms with E-state index in [1.54, 1.807) is 6.20 Å². The van der Waals surface area contributed by atoms with Crippen LogP contribution in [-0.4, -0.2) is 88.7 Å². The Morgan fingerprint density at radius 3 is 2.00 bits per heavy atom. The number of amides is 3. The fourth-order valence-corrected chi connectivity index (χ4v) is 4.42. The number of nitrogens with zero attached hydrogens (tertiary/aromatic N) is 2. The first kappa shape index (κ1) is 34.7. The predicted molar refractivity (Wildman–Crippen MR) is 167 cm³/mol. The SMILES string of the molecule is NC(N)=NCCCC(N)C(=O)NC(CCCN=C(N)N)C(=O)NC(CS)C(=O)NC(Cc1c[nH]c2ccccc12)C(=O)O. The number of carboxylic acids is 1. The Labute approximate surface area is 254 Å². The van der Waals surface area contributed by atoms with Gasteiger partial charge in [-0.2, -0.15) is 12.6 Å². The number of carbonyl (C=O) groups is 4. The number of aromatic nitrogens is 1. The first-order chi connectivity index (χ1) is 20.4. The highest BCUT2D eigenvalue weighted by molar-refractivity contribution is 7.80. The number of aromatic amines is 1. The van der Waals surface area contributed by atoms with Gasteiger partial charge in [0.25, 0.3) is 0 Å². The Morgan fingerprint density at radius 2 is 1.40 bits per heavy atom. The lowest BCUT2D eigenvalue weighted by atomic mass is 10.0. The molecule has 4 unspecified atom stereocenters. The van der Waals surface area contributed by atoms with E-state index >= 15 is 0 Å². The van der Waals surface area contributed by atoms with Crippen LogP contribution in [0.25, 0.3) is 10.9 Å². The molecule has 0 spiro atoms. The highest BCUT2D eigenvalue weighted by atomic mass is 32.1. The molecule has 236 valence electrons. The molecule has 1 aromatic carbocycles. The lowest BCUT2D eigenvalue weighted by molar-refractivity contribution is -0.142. The minimum Gasteiger partial charge on any atom is -0.480 e. The lowest BCUT2D eigenvalue weighted by Gasteiger charge is -2.24. The molecule has 16 nitrogen and oxygen atoms in total. The highest BCUT2D eigenvalue weighted by Crippen LogP contribution is 2.19. The van der Waals surface area contributed by atoms with Gasteiger partial charge in [-0.15, -0.1) is 0 Å². The monoisotopic (exact) mass is 619 g/mol. The number of carbonyl (C=O) groups excluding carboxylic acids is 3. The number of H-pyrrole nitrogens is 1. The first-order valence-corrected chi connectivity index (χ1v) is 14.2.